The maximum Gasteiger partial charge on any atom is 0.144 e. The summed E-state index contributed by atoms with van der Waals surface area (Å²) in [7, 11) is 0. The minimum absolute atomic E-state index is 0.591. The van der Waals surface area contributed by atoms with Crippen molar-refractivity contribution in [2.75, 3.05) is 11.9 Å². The first-order chi connectivity index (χ1) is 9.74. The Hall–Kier alpha value is -2.54. The molecule has 0 saturated heterocycles. The van der Waals surface area contributed by atoms with Crippen LogP contribution in [0.2, 0.25) is 0 Å². The lowest BCUT2D eigenvalue weighted by Gasteiger charge is -2.10. The molecule has 0 spiro atoms. The average Bonchev–Trinajstić information content (AvgIpc) is 2.46. The molecule has 102 valence electrons. The fourth-order valence-electron chi connectivity index (χ4n) is 1.93. The zero-order valence-electron chi connectivity index (χ0n) is 11.7. The highest BCUT2D eigenvalue weighted by Crippen LogP contribution is 2.18. The molecule has 2 rings (SSSR count). The van der Waals surface area contributed by atoms with Gasteiger partial charge >= 0.3 is 0 Å². The van der Waals surface area contributed by atoms with Gasteiger partial charge in [-0.1, -0.05) is 12.1 Å². The fourth-order valence-corrected chi connectivity index (χ4v) is 1.93. The molecule has 0 aliphatic heterocycles. The number of nitrogens with one attached hydrogen (secondary N) is 1. The van der Waals surface area contributed by atoms with Crippen molar-refractivity contribution in [2.24, 2.45) is 0 Å². The van der Waals surface area contributed by atoms with E-state index < -0.39 is 0 Å². The fraction of sp³-hybridized carbons (Fsp3) is 0.250. The number of hydrogen-bond donors (Lipinski definition) is 1. The average molecular weight is 267 g/mol. The van der Waals surface area contributed by atoms with E-state index in [1.165, 1.54) is 0 Å². The van der Waals surface area contributed by atoms with Crippen molar-refractivity contribution < 1.29 is 4.74 Å². The van der Waals surface area contributed by atoms with E-state index in [0.29, 0.717) is 24.5 Å². The maximum atomic E-state index is 9.16. The van der Waals surface area contributed by atoms with Crippen LogP contribution in [0.1, 0.15) is 23.6 Å². The van der Waals surface area contributed by atoms with Crippen LogP contribution in [-0.4, -0.2) is 11.6 Å². The lowest BCUT2D eigenvalue weighted by molar-refractivity contribution is 0.340. The van der Waals surface area contributed by atoms with E-state index in [1.807, 2.05) is 44.2 Å². The number of anilines is 1. The summed E-state index contributed by atoms with van der Waals surface area (Å²) < 4.78 is 5.47. The molecule has 1 N–H and O–H groups in total. The first-order valence-electron chi connectivity index (χ1n) is 6.56. The monoisotopic (exact) mass is 267 g/mol. The number of aromatic nitrogens is 1. The van der Waals surface area contributed by atoms with Crippen molar-refractivity contribution in [3.63, 3.8) is 0 Å². The molecule has 1 aromatic carbocycles. The van der Waals surface area contributed by atoms with E-state index in [1.54, 1.807) is 6.20 Å². The number of rotatable bonds is 5. The Kier molecular flexibility index (Phi) is 4.56. The van der Waals surface area contributed by atoms with Crippen LogP contribution in [0.4, 0.5) is 5.82 Å². The molecule has 20 heavy (non-hydrogen) atoms. The van der Waals surface area contributed by atoms with Gasteiger partial charge in [0.2, 0.25) is 0 Å². The Morgan fingerprint density at radius 2 is 2.20 bits per heavy atom. The molecule has 0 aliphatic rings. The number of pyridine rings is 1. The van der Waals surface area contributed by atoms with Gasteiger partial charge in [0.1, 0.15) is 17.6 Å². The van der Waals surface area contributed by atoms with Crippen LogP contribution in [0.25, 0.3) is 0 Å². The summed E-state index contributed by atoms with van der Waals surface area (Å²) in [6.45, 7) is 5.11. The van der Waals surface area contributed by atoms with Gasteiger partial charge < -0.3 is 10.1 Å². The number of benzene rings is 1. The molecular weight excluding hydrogens is 250 g/mol. The van der Waals surface area contributed by atoms with E-state index in [4.69, 9.17) is 10.00 Å². The first kappa shape index (κ1) is 13.9. The van der Waals surface area contributed by atoms with Gasteiger partial charge in [0.05, 0.1) is 12.2 Å². The number of ether oxygens (including phenoxy) is 1. The Morgan fingerprint density at radius 3 is 2.95 bits per heavy atom. The van der Waals surface area contributed by atoms with Crippen molar-refractivity contribution in [2.45, 2.75) is 20.4 Å². The van der Waals surface area contributed by atoms with Gasteiger partial charge in [0, 0.05) is 12.7 Å². The lowest BCUT2D eigenvalue weighted by atomic mass is 10.1. The summed E-state index contributed by atoms with van der Waals surface area (Å²) in [5.41, 5.74) is 2.60. The molecule has 1 heterocycles. The maximum absolute atomic E-state index is 9.16. The number of nitrogens with zero attached hydrogens (tertiary/aromatic N) is 2. The Balaban J connectivity index is 2.11. The third kappa shape index (κ3) is 3.27. The Bertz CT molecular complexity index is 632. The van der Waals surface area contributed by atoms with E-state index >= 15 is 0 Å². The van der Waals surface area contributed by atoms with Crippen molar-refractivity contribution in [3.8, 4) is 11.8 Å². The molecular formula is C16H17N3O. The van der Waals surface area contributed by atoms with Crippen molar-refractivity contribution in [1.29, 1.82) is 5.26 Å². The quantitative estimate of drug-likeness (QED) is 0.903. The van der Waals surface area contributed by atoms with Crippen LogP contribution < -0.4 is 10.1 Å². The molecule has 0 radical (unpaired) electrons. The highest BCUT2D eigenvalue weighted by molar-refractivity contribution is 5.55. The van der Waals surface area contributed by atoms with E-state index in [0.717, 1.165) is 16.9 Å². The SMILES string of the molecule is CCOc1cccc(CNc2nccc(C)c2C#N)c1. The van der Waals surface area contributed by atoms with Crippen LogP contribution in [-0.2, 0) is 6.54 Å². The molecule has 4 heteroatoms. The topological polar surface area (TPSA) is 57.9 Å². The first-order valence-corrected chi connectivity index (χ1v) is 6.56. The van der Waals surface area contributed by atoms with Gasteiger partial charge in [-0.15, -0.1) is 0 Å². The number of hydrogen-bond acceptors (Lipinski definition) is 4. The van der Waals surface area contributed by atoms with E-state index in [-0.39, 0.29) is 0 Å². The van der Waals surface area contributed by atoms with Crippen LogP contribution in [0, 0.1) is 18.3 Å². The zero-order chi connectivity index (χ0) is 14.4. The molecule has 4 nitrogen and oxygen atoms in total. The molecule has 1 aromatic heterocycles. The third-order valence-electron chi connectivity index (χ3n) is 2.94. The smallest absolute Gasteiger partial charge is 0.144 e. The van der Waals surface area contributed by atoms with Gasteiger partial charge in [-0.25, -0.2) is 4.98 Å². The molecule has 0 atom stereocenters. The number of nitriles is 1. The largest absolute Gasteiger partial charge is 0.494 e. The van der Waals surface area contributed by atoms with Crippen molar-refractivity contribution in [1.82, 2.24) is 4.98 Å². The van der Waals surface area contributed by atoms with Crippen molar-refractivity contribution >= 4 is 5.82 Å². The summed E-state index contributed by atoms with van der Waals surface area (Å²) in [6, 6.07) is 11.9. The predicted molar refractivity (Wildman–Crippen MR) is 78.6 cm³/mol. The minimum atomic E-state index is 0.591. The molecule has 0 saturated carbocycles. The third-order valence-corrected chi connectivity index (χ3v) is 2.94. The molecule has 0 fully saturated rings. The van der Waals surface area contributed by atoms with E-state index in [2.05, 4.69) is 16.4 Å². The van der Waals surface area contributed by atoms with Crippen LogP contribution >= 0.6 is 0 Å². The van der Waals surface area contributed by atoms with Gasteiger partial charge in [-0.05, 0) is 43.2 Å². The Morgan fingerprint density at radius 1 is 1.35 bits per heavy atom. The second-order valence-corrected chi connectivity index (χ2v) is 4.40. The highest BCUT2D eigenvalue weighted by Gasteiger charge is 2.06. The molecule has 0 aliphatic carbocycles. The predicted octanol–water partition coefficient (Wildman–Crippen LogP) is 3.27. The minimum Gasteiger partial charge on any atom is -0.494 e. The molecule has 2 aromatic rings. The van der Waals surface area contributed by atoms with Crippen LogP contribution in [0.3, 0.4) is 0 Å². The van der Waals surface area contributed by atoms with Gasteiger partial charge in [0.15, 0.2) is 0 Å². The lowest BCUT2D eigenvalue weighted by Crippen LogP contribution is -2.04. The van der Waals surface area contributed by atoms with Gasteiger partial charge in [0.25, 0.3) is 0 Å². The summed E-state index contributed by atoms with van der Waals surface area (Å²) in [6.07, 6.45) is 1.70. The zero-order valence-corrected chi connectivity index (χ0v) is 11.7. The summed E-state index contributed by atoms with van der Waals surface area (Å²) in [5, 5.41) is 12.4. The second kappa shape index (κ2) is 6.58. The molecule has 0 bridgehead atoms. The normalized spacial score (nSPS) is 9.85. The van der Waals surface area contributed by atoms with Gasteiger partial charge in [-0.3, -0.25) is 0 Å². The Labute approximate surface area is 119 Å². The molecule has 0 unspecified atom stereocenters. The second-order valence-electron chi connectivity index (χ2n) is 4.40. The highest BCUT2D eigenvalue weighted by atomic mass is 16.5. The number of aryl methyl sites for hydroxylation is 1. The standard InChI is InChI=1S/C16H17N3O/c1-3-20-14-6-4-5-13(9-14)11-19-16-15(10-17)12(2)7-8-18-16/h4-9H,3,11H2,1-2H3,(H,18,19). The summed E-state index contributed by atoms with van der Waals surface area (Å²) >= 11 is 0. The van der Waals surface area contributed by atoms with E-state index in [9.17, 15) is 0 Å². The summed E-state index contributed by atoms with van der Waals surface area (Å²) in [4.78, 5) is 4.22. The summed E-state index contributed by atoms with van der Waals surface area (Å²) in [5.74, 6) is 1.47. The van der Waals surface area contributed by atoms with Crippen molar-refractivity contribution in [3.05, 3.63) is 53.2 Å². The van der Waals surface area contributed by atoms with Gasteiger partial charge in [-0.2, -0.15) is 5.26 Å². The van der Waals surface area contributed by atoms with Crippen LogP contribution in [0.5, 0.6) is 5.75 Å². The molecule has 0 amide bonds. The van der Waals surface area contributed by atoms with Crippen LogP contribution in [0.15, 0.2) is 36.5 Å².